The summed E-state index contributed by atoms with van der Waals surface area (Å²) < 4.78 is 0. The van der Waals surface area contributed by atoms with Crippen molar-refractivity contribution in [3.05, 3.63) is 119 Å². The maximum atomic E-state index is 14.0. The Kier molecular flexibility index (Phi) is 9.24. The van der Waals surface area contributed by atoms with Gasteiger partial charge in [-0.2, -0.15) is 0 Å². The van der Waals surface area contributed by atoms with E-state index in [9.17, 15) is 4.79 Å². The van der Waals surface area contributed by atoms with E-state index in [1.807, 2.05) is 44.2 Å². The zero-order valence-electron chi connectivity index (χ0n) is 19.7. The first-order valence-electron chi connectivity index (χ1n) is 11.1. The summed E-state index contributed by atoms with van der Waals surface area (Å²) in [5.41, 5.74) is 2.47. The molecular formula is C29H28ClNOPY+. The maximum absolute atomic E-state index is 14.0. The number of amides is 1. The molecule has 1 amide bonds. The third kappa shape index (κ3) is 5.22. The van der Waals surface area contributed by atoms with Crippen molar-refractivity contribution in [2.24, 2.45) is 0 Å². The maximum Gasteiger partial charge on any atom is 0.266 e. The number of aryl methyl sites for hydroxylation is 2. The molecule has 0 aliphatic heterocycles. The van der Waals surface area contributed by atoms with Crippen LogP contribution in [-0.4, -0.2) is 11.6 Å². The molecule has 0 fully saturated rings. The first-order chi connectivity index (χ1) is 15.9. The Morgan fingerprint density at radius 1 is 0.735 bits per heavy atom. The van der Waals surface area contributed by atoms with Crippen LogP contribution in [0.5, 0.6) is 0 Å². The second kappa shape index (κ2) is 11.7. The molecule has 1 N–H and O–H groups in total. The van der Waals surface area contributed by atoms with Gasteiger partial charge in [-0.05, 0) is 80.4 Å². The topological polar surface area (TPSA) is 29.1 Å². The van der Waals surface area contributed by atoms with Crippen LogP contribution in [0.4, 0.5) is 5.69 Å². The van der Waals surface area contributed by atoms with E-state index in [0.29, 0.717) is 5.02 Å². The zero-order chi connectivity index (χ0) is 23.4. The van der Waals surface area contributed by atoms with Crippen LogP contribution in [0, 0.1) is 13.8 Å². The fourth-order valence-corrected chi connectivity index (χ4v) is 9.53. The third-order valence-electron chi connectivity index (χ3n) is 6.20. The summed E-state index contributed by atoms with van der Waals surface area (Å²) in [5, 5.41) is 7.50. The number of halogens is 1. The molecule has 0 saturated carbocycles. The predicted octanol–water partition coefficient (Wildman–Crippen LogP) is 6.28. The van der Waals surface area contributed by atoms with Gasteiger partial charge in [0.1, 0.15) is 23.2 Å². The number of nitrogens with one attached hydrogen (secondary N) is 1. The zero-order valence-corrected chi connectivity index (χ0v) is 24.2. The third-order valence-corrected chi connectivity index (χ3v) is 11.1. The monoisotopic (exact) mass is 561 g/mol. The van der Waals surface area contributed by atoms with Crippen molar-refractivity contribution in [3.63, 3.8) is 0 Å². The quantitative estimate of drug-likeness (QED) is 0.276. The molecule has 0 aliphatic carbocycles. The summed E-state index contributed by atoms with van der Waals surface area (Å²) in [7, 11) is -2.32. The Balaban J connectivity index is 0.00000324. The van der Waals surface area contributed by atoms with Crippen LogP contribution in [0.15, 0.2) is 103 Å². The minimum absolute atomic E-state index is 0. The number of carbonyl (C=O) groups is 1. The minimum Gasteiger partial charge on any atom is -0.322 e. The van der Waals surface area contributed by atoms with Crippen LogP contribution in [0.2, 0.25) is 5.02 Å². The Labute approximate surface area is 233 Å². The van der Waals surface area contributed by atoms with Crippen LogP contribution in [0.1, 0.15) is 18.1 Å². The van der Waals surface area contributed by atoms with E-state index in [0.717, 1.165) is 16.8 Å². The summed E-state index contributed by atoms with van der Waals surface area (Å²) in [6.45, 7) is 6.02. The van der Waals surface area contributed by atoms with Crippen molar-refractivity contribution in [1.29, 1.82) is 0 Å². The van der Waals surface area contributed by atoms with E-state index in [2.05, 4.69) is 85.0 Å². The predicted molar refractivity (Wildman–Crippen MR) is 144 cm³/mol. The van der Waals surface area contributed by atoms with E-state index in [4.69, 9.17) is 11.6 Å². The van der Waals surface area contributed by atoms with Gasteiger partial charge in [-0.1, -0.05) is 66.2 Å². The van der Waals surface area contributed by atoms with Gasteiger partial charge < -0.3 is 5.32 Å². The largest absolute Gasteiger partial charge is 0.322 e. The van der Waals surface area contributed by atoms with Crippen molar-refractivity contribution in [2.45, 2.75) is 26.4 Å². The number of hydrogen-bond donors (Lipinski definition) is 1. The molecular weight excluding hydrogens is 534 g/mol. The second-order valence-corrected chi connectivity index (χ2v) is 12.5. The van der Waals surface area contributed by atoms with E-state index in [1.165, 1.54) is 15.9 Å². The molecule has 4 rings (SSSR count). The van der Waals surface area contributed by atoms with Crippen LogP contribution < -0.4 is 21.2 Å². The summed E-state index contributed by atoms with van der Waals surface area (Å²) >= 11 is 6.23. The Morgan fingerprint density at radius 3 is 1.44 bits per heavy atom. The normalized spacial score (nSPS) is 11.9. The number of anilines is 1. The molecule has 0 aromatic heterocycles. The number of carbonyl (C=O) groups excluding carboxylic acids is 1. The van der Waals surface area contributed by atoms with Gasteiger partial charge in [-0.15, -0.1) is 0 Å². The molecule has 169 valence electrons. The Hall–Kier alpha value is -1.83. The van der Waals surface area contributed by atoms with Gasteiger partial charge in [0, 0.05) is 43.4 Å². The van der Waals surface area contributed by atoms with Crippen LogP contribution in [0.25, 0.3) is 0 Å². The fourth-order valence-electron chi connectivity index (χ4n) is 4.62. The van der Waals surface area contributed by atoms with Crippen molar-refractivity contribution in [3.8, 4) is 0 Å². The van der Waals surface area contributed by atoms with Crippen LogP contribution in [-0.2, 0) is 37.5 Å². The first-order valence-corrected chi connectivity index (χ1v) is 13.3. The van der Waals surface area contributed by atoms with E-state index >= 15 is 0 Å². The minimum atomic E-state index is -2.32. The van der Waals surface area contributed by atoms with Crippen molar-refractivity contribution < 1.29 is 37.5 Å². The van der Waals surface area contributed by atoms with E-state index < -0.39 is 7.26 Å². The fraction of sp³-hybridized carbons (Fsp3) is 0.138. The molecule has 0 spiro atoms. The molecule has 2 nitrogen and oxygen atoms in total. The number of rotatable bonds is 6. The molecule has 1 unspecified atom stereocenters. The average Bonchev–Trinajstić information content (AvgIpc) is 2.84. The van der Waals surface area contributed by atoms with Crippen molar-refractivity contribution in [1.82, 2.24) is 0 Å². The summed E-state index contributed by atoms with van der Waals surface area (Å²) in [6, 6.07) is 35.2. The Bertz CT molecular complexity index is 1130. The van der Waals surface area contributed by atoms with Crippen LogP contribution >= 0.6 is 18.9 Å². The molecule has 4 aromatic rings. The van der Waals surface area contributed by atoms with Gasteiger partial charge in [0.05, 0.1) is 0 Å². The smallest absolute Gasteiger partial charge is 0.266 e. The molecule has 0 aliphatic rings. The van der Waals surface area contributed by atoms with Crippen molar-refractivity contribution >= 4 is 46.4 Å². The molecule has 1 radical (unpaired) electrons. The molecule has 0 saturated heterocycles. The summed E-state index contributed by atoms with van der Waals surface area (Å²) in [6.07, 6.45) is 0. The summed E-state index contributed by atoms with van der Waals surface area (Å²) in [4.78, 5) is 14.0. The SMILES string of the molecule is Cc1cc(Cl)cc(C)c1NC(=O)C(C)[P+](c1ccccc1)(c1ccccc1)c1ccccc1.[Y]. The van der Waals surface area contributed by atoms with E-state index in [1.54, 1.807) is 0 Å². The molecule has 0 bridgehead atoms. The van der Waals surface area contributed by atoms with Gasteiger partial charge >= 0.3 is 0 Å². The molecule has 34 heavy (non-hydrogen) atoms. The number of hydrogen-bond acceptors (Lipinski definition) is 1. The number of benzene rings is 4. The average molecular weight is 562 g/mol. The standard InChI is InChI=1S/C29H27ClNOP.Y/c1-21-19-24(30)20-22(2)28(21)31-29(32)23(3)33(25-13-7-4-8-14-25,26-15-9-5-10-16-26)27-17-11-6-12-18-27;/h4-20,23H,1-3H3;/p+1. The Morgan fingerprint density at radius 2 is 1.09 bits per heavy atom. The van der Waals surface area contributed by atoms with Crippen LogP contribution in [0.3, 0.4) is 0 Å². The molecule has 4 aromatic carbocycles. The first kappa shape index (κ1) is 26.8. The van der Waals surface area contributed by atoms with Gasteiger partial charge in [-0.25, -0.2) is 0 Å². The molecule has 1 atom stereocenters. The second-order valence-electron chi connectivity index (χ2n) is 8.31. The van der Waals surface area contributed by atoms with Gasteiger partial charge in [0.15, 0.2) is 5.66 Å². The van der Waals surface area contributed by atoms with Crippen molar-refractivity contribution in [2.75, 3.05) is 5.32 Å². The molecule has 5 heteroatoms. The van der Waals surface area contributed by atoms with Gasteiger partial charge in [0.2, 0.25) is 0 Å². The summed E-state index contributed by atoms with van der Waals surface area (Å²) in [5.74, 6) is 0.00779. The van der Waals surface area contributed by atoms with Gasteiger partial charge in [-0.3, -0.25) is 4.79 Å². The molecule has 0 heterocycles. The van der Waals surface area contributed by atoms with Gasteiger partial charge in [0.25, 0.3) is 5.91 Å². The van der Waals surface area contributed by atoms with E-state index in [-0.39, 0.29) is 44.3 Å².